The van der Waals surface area contributed by atoms with Crippen LogP contribution in [0.4, 0.5) is 4.39 Å². The second-order valence-electron chi connectivity index (χ2n) is 3.44. The topological polar surface area (TPSA) is 29.5 Å². The van der Waals surface area contributed by atoms with E-state index in [0.717, 1.165) is 3.57 Å². The maximum Gasteiger partial charge on any atom is 0.140 e. The minimum Gasteiger partial charge on any atom is -0.456 e. The zero-order valence-corrected chi connectivity index (χ0v) is 11.0. The van der Waals surface area contributed by atoms with Gasteiger partial charge in [0, 0.05) is 5.56 Å². The fourth-order valence-electron chi connectivity index (χ4n) is 1.42. The van der Waals surface area contributed by atoms with Gasteiger partial charge in [0.1, 0.15) is 17.3 Å². The molecule has 0 bridgehead atoms. The van der Waals surface area contributed by atoms with Crippen LogP contribution in [0.3, 0.4) is 0 Å². The van der Waals surface area contributed by atoms with E-state index >= 15 is 0 Å². The van der Waals surface area contributed by atoms with E-state index < -0.39 is 0 Å². The summed E-state index contributed by atoms with van der Waals surface area (Å²) >= 11 is 2.16. The summed E-state index contributed by atoms with van der Waals surface area (Å²) in [5, 5.41) is 9.14. The number of benzene rings is 2. The molecule has 1 N–H and O–H groups in total. The predicted molar refractivity (Wildman–Crippen MR) is 71.6 cm³/mol. The average molecular weight is 344 g/mol. The van der Waals surface area contributed by atoms with Gasteiger partial charge in [-0.1, -0.05) is 12.1 Å². The Morgan fingerprint density at radius 3 is 2.59 bits per heavy atom. The first-order valence-corrected chi connectivity index (χ1v) is 6.10. The second-order valence-corrected chi connectivity index (χ2v) is 4.60. The Morgan fingerprint density at radius 2 is 1.88 bits per heavy atom. The van der Waals surface area contributed by atoms with Crippen molar-refractivity contribution in [2.45, 2.75) is 6.61 Å². The molecule has 0 heterocycles. The zero-order valence-electron chi connectivity index (χ0n) is 8.86. The van der Waals surface area contributed by atoms with Gasteiger partial charge in [-0.05, 0) is 52.9 Å². The van der Waals surface area contributed by atoms with Crippen molar-refractivity contribution >= 4 is 22.6 Å². The fraction of sp³-hybridized carbons (Fsp3) is 0.0769. The van der Waals surface area contributed by atoms with E-state index in [1.807, 2.05) is 24.3 Å². The summed E-state index contributed by atoms with van der Waals surface area (Å²) in [7, 11) is 0. The average Bonchev–Trinajstić information content (AvgIpc) is 2.34. The summed E-state index contributed by atoms with van der Waals surface area (Å²) in [6.45, 7) is -0.253. The number of para-hydroxylation sites is 1. The van der Waals surface area contributed by atoms with Crippen LogP contribution in [0.25, 0.3) is 0 Å². The Hall–Kier alpha value is -1.14. The molecule has 0 atom stereocenters. The highest BCUT2D eigenvalue weighted by Crippen LogP contribution is 2.29. The molecular formula is C13H10FIO2. The van der Waals surface area contributed by atoms with Crippen molar-refractivity contribution in [1.29, 1.82) is 0 Å². The molecule has 88 valence electrons. The minimum atomic E-state index is -0.385. The summed E-state index contributed by atoms with van der Waals surface area (Å²) < 4.78 is 19.6. The summed E-state index contributed by atoms with van der Waals surface area (Å²) in [6, 6.07) is 11.6. The van der Waals surface area contributed by atoms with Crippen LogP contribution in [-0.4, -0.2) is 5.11 Å². The third-order valence-electron chi connectivity index (χ3n) is 2.25. The highest BCUT2D eigenvalue weighted by atomic mass is 127. The molecule has 0 aliphatic rings. The van der Waals surface area contributed by atoms with Crippen molar-refractivity contribution in [2.24, 2.45) is 0 Å². The van der Waals surface area contributed by atoms with Crippen LogP contribution in [-0.2, 0) is 6.61 Å². The molecule has 0 amide bonds. The number of ether oxygens (including phenoxy) is 1. The lowest BCUT2D eigenvalue weighted by molar-refractivity contribution is 0.275. The first-order valence-electron chi connectivity index (χ1n) is 5.02. The lowest BCUT2D eigenvalue weighted by Crippen LogP contribution is -1.94. The monoisotopic (exact) mass is 344 g/mol. The van der Waals surface area contributed by atoms with Crippen molar-refractivity contribution in [3.63, 3.8) is 0 Å². The van der Waals surface area contributed by atoms with Gasteiger partial charge in [-0.25, -0.2) is 4.39 Å². The van der Waals surface area contributed by atoms with Crippen LogP contribution < -0.4 is 4.74 Å². The number of aliphatic hydroxyl groups excluding tert-OH is 1. The van der Waals surface area contributed by atoms with Gasteiger partial charge >= 0.3 is 0 Å². The highest BCUT2D eigenvalue weighted by molar-refractivity contribution is 14.1. The van der Waals surface area contributed by atoms with E-state index in [-0.39, 0.29) is 12.4 Å². The van der Waals surface area contributed by atoms with Gasteiger partial charge in [0.15, 0.2) is 0 Å². The van der Waals surface area contributed by atoms with E-state index in [4.69, 9.17) is 9.84 Å². The van der Waals surface area contributed by atoms with E-state index in [9.17, 15) is 4.39 Å². The molecule has 17 heavy (non-hydrogen) atoms. The third kappa shape index (κ3) is 2.95. The maximum atomic E-state index is 13.0. The van der Waals surface area contributed by atoms with E-state index in [0.29, 0.717) is 17.1 Å². The van der Waals surface area contributed by atoms with Gasteiger partial charge in [0.2, 0.25) is 0 Å². The van der Waals surface area contributed by atoms with Crippen LogP contribution >= 0.6 is 22.6 Å². The first-order chi connectivity index (χ1) is 8.20. The first kappa shape index (κ1) is 12.3. The van der Waals surface area contributed by atoms with Crippen LogP contribution in [0.2, 0.25) is 0 Å². The van der Waals surface area contributed by atoms with Crippen LogP contribution in [0, 0.1) is 9.39 Å². The molecule has 2 rings (SSSR count). The molecule has 0 spiro atoms. The Balaban J connectivity index is 2.33. The Labute approximate surface area is 112 Å². The minimum absolute atomic E-state index is 0.253. The smallest absolute Gasteiger partial charge is 0.140 e. The summed E-state index contributed by atoms with van der Waals surface area (Å²) in [5.41, 5.74) is 0.435. The van der Waals surface area contributed by atoms with Gasteiger partial charge in [-0.2, -0.15) is 0 Å². The lowest BCUT2D eigenvalue weighted by atomic mass is 10.2. The second kappa shape index (κ2) is 5.46. The molecule has 4 heteroatoms. The number of aliphatic hydroxyl groups is 1. The molecule has 0 aliphatic heterocycles. The number of hydrogen-bond donors (Lipinski definition) is 1. The van der Waals surface area contributed by atoms with E-state index in [2.05, 4.69) is 22.6 Å². The van der Waals surface area contributed by atoms with Crippen LogP contribution in [0.5, 0.6) is 11.5 Å². The molecule has 0 saturated carbocycles. The molecule has 0 aliphatic carbocycles. The van der Waals surface area contributed by atoms with Crippen LogP contribution in [0.15, 0.2) is 42.5 Å². The maximum absolute atomic E-state index is 13.0. The largest absolute Gasteiger partial charge is 0.456 e. The van der Waals surface area contributed by atoms with E-state index in [1.54, 1.807) is 0 Å². The zero-order chi connectivity index (χ0) is 12.3. The molecule has 2 aromatic rings. The van der Waals surface area contributed by atoms with Gasteiger partial charge in [0.25, 0.3) is 0 Å². The highest BCUT2D eigenvalue weighted by Gasteiger charge is 2.07. The SMILES string of the molecule is OCc1cc(F)ccc1Oc1ccccc1I. The lowest BCUT2D eigenvalue weighted by Gasteiger charge is -2.10. The summed E-state index contributed by atoms with van der Waals surface area (Å²) in [6.07, 6.45) is 0. The van der Waals surface area contributed by atoms with Crippen molar-refractivity contribution in [2.75, 3.05) is 0 Å². The third-order valence-corrected chi connectivity index (χ3v) is 3.14. The van der Waals surface area contributed by atoms with Gasteiger partial charge in [-0.15, -0.1) is 0 Å². The van der Waals surface area contributed by atoms with Crippen molar-refractivity contribution < 1.29 is 14.2 Å². The van der Waals surface area contributed by atoms with Gasteiger partial charge < -0.3 is 9.84 Å². The fourth-order valence-corrected chi connectivity index (χ4v) is 1.91. The normalized spacial score (nSPS) is 10.3. The Kier molecular flexibility index (Phi) is 3.96. The predicted octanol–water partition coefficient (Wildman–Crippen LogP) is 3.71. The van der Waals surface area contributed by atoms with Crippen molar-refractivity contribution in [1.82, 2.24) is 0 Å². The summed E-state index contributed by atoms with van der Waals surface area (Å²) in [5.74, 6) is 0.775. The number of rotatable bonds is 3. The Bertz CT molecular complexity index is 529. The molecule has 0 fully saturated rings. The molecule has 0 unspecified atom stereocenters. The quantitative estimate of drug-likeness (QED) is 0.861. The molecule has 0 radical (unpaired) electrons. The van der Waals surface area contributed by atoms with Gasteiger partial charge in [-0.3, -0.25) is 0 Å². The molecule has 0 saturated heterocycles. The number of hydrogen-bond acceptors (Lipinski definition) is 2. The summed E-state index contributed by atoms with van der Waals surface area (Å²) in [4.78, 5) is 0. The molecule has 2 nitrogen and oxygen atoms in total. The molecule has 2 aromatic carbocycles. The Morgan fingerprint density at radius 1 is 1.12 bits per heavy atom. The van der Waals surface area contributed by atoms with Crippen molar-refractivity contribution in [3.05, 3.63) is 57.4 Å². The molecule has 0 aromatic heterocycles. The van der Waals surface area contributed by atoms with Crippen LogP contribution in [0.1, 0.15) is 5.56 Å². The van der Waals surface area contributed by atoms with E-state index in [1.165, 1.54) is 18.2 Å². The standard InChI is InChI=1S/C13H10FIO2/c14-10-5-6-12(9(7-10)8-16)17-13-4-2-1-3-11(13)15/h1-7,16H,8H2. The molecular weight excluding hydrogens is 334 g/mol. The van der Waals surface area contributed by atoms with Gasteiger partial charge in [0.05, 0.1) is 10.2 Å². The van der Waals surface area contributed by atoms with Crippen molar-refractivity contribution in [3.8, 4) is 11.5 Å². The number of halogens is 2.